The highest BCUT2D eigenvalue weighted by Gasteiger charge is 2.16. The molecule has 96 valence electrons. The average molecular weight is 245 g/mol. The van der Waals surface area contributed by atoms with Gasteiger partial charge >= 0.3 is 0 Å². The lowest BCUT2D eigenvalue weighted by atomic mass is 10.1. The summed E-state index contributed by atoms with van der Waals surface area (Å²) < 4.78 is 3.59. The molecule has 0 fully saturated rings. The fourth-order valence-electron chi connectivity index (χ4n) is 2.25. The first-order chi connectivity index (χ1) is 8.49. The summed E-state index contributed by atoms with van der Waals surface area (Å²) in [6, 6.07) is 5.96. The highest BCUT2D eigenvalue weighted by Crippen LogP contribution is 2.18. The number of hydrogen-bond acceptors (Lipinski definition) is 2. The number of nitrogens with two attached hydrogens (primary N) is 1. The Balaban J connectivity index is 2.83. The summed E-state index contributed by atoms with van der Waals surface area (Å²) in [5.41, 5.74) is 10.0. The fourth-order valence-corrected chi connectivity index (χ4v) is 2.25. The fraction of sp³-hybridized carbons (Fsp3) is 0.357. The lowest BCUT2D eigenvalue weighted by Crippen LogP contribution is -2.23. The van der Waals surface area contributed by atoms with Gasteiger partial charge in [0.05, 0.1) is 11.4 Å². The monoisotopic (exact) mass is 245 g/mol. The average Bonchev–Trinajstić information content (AvgIpc) is 2.57. The molecule has 0 aliphatic rings. The molecule has 1 heterocycles. The van der Waals surface area contributed by atoms with E-state index in [1.54, 1.807) is 4.68 Å². The second-order valence-corrected chi connectivity index (χ2v) is 4.55. The van der Waals surface area contributed by atoms with Gasteiger partial charge < -0.3 is 5.73 Å². The molecule has 2 N–H and O–H groups in total. The molecule has 0 unspecified atom stereocenters. The van der Waals surface area contributed by atoms with Crippen LogP contribution in [-0.2, 0) is 6.54 Å². The van der Waals surface area contributed by atoms with Gasteiger partial charge in [0, 0.05) is 6.54 Å². The van der Waals surface area contributed by atoms with Gasteiger partial charge in [-0.15, -0.1) is 0 Å². The SMILES string of the molecule is CCn1c(C)c(N)c(=O)n1-c1cccc(C)c1C. The first-order valence-corrected chi connectivity index (χ1v) is 6.13. The van der Waals surface area contributed by atoms with Crippen LogP contribution in [0.25, 0.3) is 5.69 Å². The summed E-state index contributed by atoms with van der Waals surface area (Å²) in [5, 5.41) is 0. The van der Waals surface area contributed by atoms with E-state index in [-0.39, 0.29) is 5.56 Å². The molecular formula is C14H19N3O. The van der Waals surface area contributed by atoms with Crippen LogP contribution >= 0.6 is 0 Å². The molecule has 2 aromatic rings. The van der Waals surface area contributed by atoms with E-state index in [0.29, 0.717) is 12.2 Å². The predicted octanol–water partition coefficient (Wildman–Crippen LogP) is 2.17. The molecule has 0 bridgehead atoms. The molecule has 4 heteroatoms. The molecule has 2 rings (SSSR count). The third kappa shape index (κ3) is 1.65. The molecule has 1 aromatic heterocycles. The highest BCUT2D eigenvalue weighted by atomic mass is 16.1. The minimum atomic E-state index is -0.136. The van der Waals surface area contributed by atoms with Crippen LogP contribution in [0.15, 0.2) is 23.0 Å². The lowest BCUT2D eigenvalue weighted by Gasteiger charge is -2.14. The number of anilines is 1. The van der Waals surface area contributed by atoms with Crippen LogP contribution in [0.4, 0.5) is 5.69 Å². The zero-order valence-electron chi connectivity index (χ0n) is 11.3. The van der Waals surface area contributed by atoms with E-state index < -0.39 is 0 Å². The zero-order chi connectivity index (χ0) is 13.4. The maximum absolute atomic E-state index is 12.3. The molecule has 0 atom stereocenters. The summed E-state index contributed by atoms with van der Waals surface area (Å²) in [4.78, 5) is 12.3. The normalized spacial score (nSPS) is 10.9. The molecule has 0 saturated heterocycles. The van der Waals surface area contributed by atoms with Gasteiger partial charge in [0.2, 0.25) is 0 Å². The molecule has 0 aliphatic carbocycles. The van der Waals surface area contributed by atoms with Crippen molar-refractivity contribution in [2.45, 2.75) is 34.2 Å². The van der Waals surface area contributed by atoms with Crippen molar-refractivity contribution in [2.75, 3.05) is 5.73 Å². The van der Waals surface area contributed by atoms with Gasteiger partial charge in [0.1, 0.15) is 5.69 Å². The highest BCUT2D eigenvalue weighted by molar-refractivity contribution is 5.49. The molecule has 0 spiro atoms. The lowest BCUT2D eigenvalue weighted by molar-refractivity contribution is 0.558. The number of nitrogens with zero attached hydrogens (tertiary/aromatic N) is 2. The van der Waals surface area contributed by atoms with Crippen molar-refractivity contribution in [1.82, 2.24) is 9.36 Å². The Morgan fingerprint density at radius 1 is 1.22 bits per heavy atom. The maximum Gasteiger partial charge on any atom is 0.294 e. The summed E-state index contributed by atoms with van der Waals surface area (Å²) in [7, 11) is 0. The van der Waals surface area contributed by atoms with E-state index in [1.807, 2.05) is 50.6 Å². The first kappa shape index (κ1) is 12.5. The van der Waals surface area contributed by atoms with Crippen molar-refractivity contribution in [2.24, 2.45) is 0 Å². The van der Waals surface area contributed by atoms with Crippen LogP contribution in [0, 0.1) is 20.8 Å². The van der Waals surface area contributed by atoms with E-state index in [4.69, 9.17) is 5.73 Å². The number of aryl methyl sites for hydroxylation is 1. The molecule has 0 amide bonds. The van der Waals surface area contributed by atoms with E-state index in [1.165, 1.54) is 5.56 Å². The van der Waals surface area contributed by atoms with Crippen LogP contribution < -0.4 is 11.3 Å². The van der Waals surface area contributed by atoms with Gasteiger partial charge in [-0.05, 0) is 44.9 Å². The standard InChI is InChI=1S/C14H19N3O/c1-5-16-11(4)13(15)14(18)17(16)12-8-6-7-9(2)10(12)3/h6-8H,5,15H2,1-4H3. The quantitative estimate of drug-likeness (QED) is 0.881. The Bertz CT molecular complexity index is 650. The number of aromatic nitrogens is 2. The van der Waals surface area contributed by atoms with Crippen LogP contribution in [0.3, 0.4) is 0 Å². The van der Waals surface area contributed by atoms with Gasteiger partial charge in [-0.3, -0.25) is 9.48 Å². The molecular weight excluding hydrogens is 226 g/mol. The second-order valence-electron chi connectivity index (χ2n) is 4.55. The first-order valence-electron chi connectivity index (χ1n) is 6.13. The summed E-state index contributed by atoms with van der Waals surface area (Å²) in [5.74, 6) is 0. The Morgan fingerprint density at radius 3 is 2.50 bits per heavy atom. The smallest absolute Gasteiger partial charge is 0.294 e. The number of rotatable bonds is 2. The Hall–Kier alpha value is -1.97. The maximum atomic E-state index is 12.3. The van der Waals surface area contributed by atoms with Gasteiger partial charge in [-0.2, -0.15) is 0 Å². The minimum absolute atomic E-state index is 0.136. The van der Waals surface area contributed by atoms with Gasteiger partial charge in [-0.1, -0.05) is 12.1 Å². The third-order valence-corrected chi connectivity index (χ3v) is 3.54. The van der Waals surface area contributed by atoms with E-state index in [0.717, 1.165) is 16.9 Å². The largest absolute Gasteiger partial charge is 0.393 e. The molecule has 18 heavy (non-hydrogen) atoms. The third-order valence-electron chi connectivity index (χ3n) is 3.54. The second kappa shape index (κ2) is 4.37. The van der Waals surface area contributed by atoms with Crippen LogP contribution in [0.2, 0.25) is 0 Å². The minimum Gasteiger partial charge on any atom is -0.393 e. The van der Waals surface area contributed by atoms with Crippen LogP contribution in [0.1, 0.15) is 23.7 Å². The zero-order valence-corrected chi connectivity index (χ0v) is 11.3. The number of hydrogen-bond donors (Lipinski definition) is 1. The molecule has 4 nitrogen and oxygen atoms in total. The van der Waals surface area contributed by atoms with Crippen molar-refractivity contribution in [3.63, 3.8) is 0 Å². The van der Waals surface area contributed by atoms with Crippen molar-refractivity contribution in [3.8, 4) is 5.69 Å². The Labute approximate surface area is 107 Å². The number of benzene rings is 1. The summed E-state index contributed by atoms with van der Waals surface area (Å²) >= 11 is 0. The summed E-state index contributed by atoms with van der Waals surface area (Å²) in [6.45, 7) is 8.66. The van der Waals surface area contributed by atoms with E-state index in [2.05, 4.69) is 0 Å². The topological polar surface area (TPSA) is 52.9 Å². The Kier molecular flexibility index (Phi) is 3.03. The Morgan fingerprint density at radius 2 is 1.89 bits per heavy atom. The van der Waals surface area contributed by atoms with Gasteiger partial charge in [0.15, 0.2) is 0 Å². The van der Waals surface area contributed by atoms with Crippen LogP contribution in [0.5, 0.6) is 0 Å². The van der Waals surface area contributed by atoms with Crippen LogP contribution in [-0.4, -0.2) is 9.36 Å². The van der Waals surface area contributed by atoms with Crippen molar-refractivity contribution < 1.29 is 0 Å². The molecule has 1 aromatic carbocycles. The van der Waals surface area contributed by atoms with Gasteiger partial charge in [0.25, 0.3) is 5.56 Å². The van der Waals surface area contributed by atoms with Crippen molar-refractivity contribution >= 4 is 5.69 Å². The molecule has 0 saturated carbocycles. The number of nitrogen functional groups attached to an aromatic ring is 1. The van der Waals surface area contributed by atoms with Gasteiger partial charge in [-0.25, -0.2) is 4.68 Å². The molecule has 0 aliphatic heterocycles. The summed E-state index contributed by atoms with van der Waals surface area (Å²) in [6.07, 6.45) is 0. The predicted molar refractivity (Wildman–Crippen MR) is 74.3 cm³/mol. The van der Waals surface area contributed by atoms with Crippen molar-refractivity contribution in [1.29, 1.82) is 0 Å². The van der Waals surface area contributed by atoms with Crippen molar-refractivity contribution in [3.05, 3.63) is 45.4 Å². The molecule has 0 radical (unpaired) electrons. The van der Waals surface area contributed by atoms with E-state index >= 15 is 0 Å². The van der Waals surface area contributed by atoms with E-state index in [9.17, 15) is 4.79 Å².